The summed E-state index contributed by atoms with van der Waals surface area (Å²) in [5, 5.41) is 13.0. The number of aliphatic carboxylic acids is 1. The van der Waals surface area contributed by atoms with Crippen LogP contribution in [0.3, 0.4) is 0 Å². The molecule has 0 amide bonds. The summed E-state index contributed by atoms with van der Waals surface area (Å²) in [6.45, 7) is 2.45. The van der Waals surface area contributed by atoms with Crippen LogP contribution in [0, 0.1) is 0 Å². The lowest BCUT2D eigenvalue weighted by Gasteiger charge is -1.97. The molecule has 0 atom stereocenters. The zero-order valence-electron chi connectivity index (χ0n) is 10.4. The van der Waals surface area contributed by atoms with E-state index < -0.39 is 5.97 Å². The molecule has 0 radical (unpaired) electrons. The second kappa shape index (κ2) is 5.20. The van der Waals surface area contributed by atoms with E-state index in [4.69, 9.17) is 5.11 Å². The van der Waals surface area contributed by atoms with Gasteiger partial charge in [-0.25, -0.2) is 14.3 Å². The van der Waals surface area contributed by atoms with Crippen LogP contribution in [0.15, 0.2) is 16.4 Å². The first kappa shape index (κ1) is 12.6. The minimum Gasteiger partial charge on any atom is -0.478 e. The van der Waals surface area contributed by atoms with Gasteiger partial charge in [0.15, 0.2) is 0 Å². The van der Waals surface area contributed by atoms with Gasteiger partial charge in [-0.2, -0.15) is 5.10 Å². The van der Waals surface area contributed by atoms with Gasteiger partial charge in [0, 0.05) is 18.5 Å². The van der Waals surface area contributed by atoms with Gasteiger partial charge in [0.2, 0.25) is 0 Å². The van der Waals surface area contributed by atoms with Gasteiger partial charge in [-0.05, 0) is 19.8 Å². The van der Waals surface area contributed by atoms with E-state index in [9.17, 15) is 9.59 Å². The Kier molecular flexibility index (Phi) is 3.64. The topological polar surface area (TPSA) is 77.1 Å². The number of allylic oxidation sites excluding steroid dienone is 1. The van der Waals surface area contributed by atoms with Gasteiger partial charge in [0.1, 0.15) is 5.82 Å². The van der Waals surface area contributed by atoms with Crippen molar-refractivity contribution >= 4 is 5.97 Å². The number of nitrogens with zero attached hydrogens (tertiary/aromatic N) is 3. The molecule has 0 spiro atoms. The summed E-state index contributed by atoms with van der Waals surface area (Å²) in [6.07, 6.45) is 5.52. The standard InChI is InChI=1S/C12H17N3O3/c1-9(11(16)17)6-8-15-12(18)14-7-4-2-3-5-10(14)13-15/h6H,2-5,7-8H2,1H3,(H,16,17). The highest BCUT2D eigenvalue weighted by atomic mass is 16.4. The van der Waals surface area contributed by atoms with Gasteiger partial charge >= 0.3 is 11.7 Å². The second-order valence-corrected chi connectivity index (χ2v) is 4.54. The Morgan fingerprint density at radius 1 is 1.44 bits per heavy atom. The van der Waals surface area contributed by atoms with E-state index in [0.717, 1.165) is 38.1 Å². The number of hydrogen-bond acceptors (Lipinski definition) is 3. The number of fused-ring (bicyclic) bond motifs is 1. The molecule has 0 aliphatic carbocycles. The number of hydrogen-bond donors (Lipinski definition) is 1. The smallest absolute Gasteiger partial charge is 0.346 e. The van der Waals surface area contributed by atoms with Crippen LogP contribution in [0.4, 0.5) is 0 Å². The van der Waals surface area contributed by atoms with Crippen LogP contribution in [0.25, 0.3) is 0 Å². The van der Waals surface area contributed by atoms with Crippen molar-refractivity contribution in [3.63, 3.8) is 0 Å². The molecule has 6 nitrogen and oxygen atoms in total. The Bertz CT molecular complexity index is 539. The van der Waals surface area contributed by atoms with E-state index >= 15 is 0 Å². The fourth-order valence-electron chi connectivity index (χ4n) is 2.05. The normalized spacial score (nSPS) is 16.2. The number of aromatic nitrogens is 3. The molecule has 1 aliphatic rings. The Hall–Kier alpha value is -1.85. The van der Waals surface area contributed by atoms with Gasteiger partial charge in [-0.15, -0.1) is 0 Å². The van der Waals surface area contributed by atoms with Crippen molar-refractivity contribution in [3.8, 4) is 0 Å². The Labute approximate surface area is 105 Å². The predicted octanol–water partition coefficient (Wildman–Crippen LogP) is 0.802. The van der Waals surface area contributed by atoms with Crippen LogP contribution in [0.2, 0.25) is 0 Å². The summed E-state index contributed by atoms with van der Waals surface area (Å²) >= 11 is 0. The zero-order valence-corrected chi connectivity index (χ0v) is 10.4. The number of carboxylic acid groups (broad SMARTS) is 1. The van der Waals surface area contributed by atoms with Crippen molar-refractivity contribution in [3.05, 3.63) is 28.0 Å². The van der Waals surface area contributed by atoms with E-state index in [1.165, 1.54) is 17.7 Å². The quantitative estimate of drug-likeness (QED) is 0.806. The molecule has 0 fully saturated rings. The molecule has 6 heteroatoms. The van der Waals surface area contributed by atoms with Crippen LogP contribution in [-0.2, 0) is 24.3 Å². The van der Waals surface area contributed by atoms with Crippen molar-refractivity contribution in [2.75, 3.05) is 0 Å². The van der Waals surface area contributed by atoms with Gasteiger partial charge in [-0.3, -0.25) is 4.57 Å². The monoisotopic (exact) mass is 251 g/mol. The summed E-state index contributed by atoms with van der Waals surface area (Å²) in [5.74, 6) is -0.150. The molecule has 18 heavy (non-hydrogen) atoms. The molecule has 98 valence electrons. The zero-order chi connectivity index (χ0) is 13.1. The maximum absolute atomic E-state index is 12.0. The summed E-state index contributed by atoms with van der Waals surface area (Å²) in [4.78, 5) is 22.7. The minimum atomic E-state index is -0.969. The molecular formula is C12H17N3O3. The SMILES string of the molecule is CC(=CCn1nc2n(c1=O)CCCCC2)C(=O)O. The fourth-order valence-corrected chi connectivity index (χ4v) is 2.05. The van der Waals surface area contributed by atoms with Crippen LogP contribution < -0.4 is 5.69 Å². The molecule has 0 saturated carbocycles. The minimum absolute atomic E-state index is 0.138. The molecule has 0 aromatic carbocycles. The summed E-state index contributed by atoms with van der Waals surface area (Å²) < 4.78 is 3.05. The highest BCUT2D eigenvalue weighted by molar-refractivity contribution is 5.85. The molecule has 1 aromatic rings. The van der Waals surface area contributed by atoms with E-state index in [-0.39, 0.29) is 17.8 Å². The predicted molar refractivity (Wildman–Crippen MR) is 65.4 cm³/mol. The largest absolute Gasteiger partial charge is 0.478 e. The van der Waals surface area contributed by atoms with Gasteiger partial charge < -0.3 is 5.11 Å². The van der Waals surface area contributed by atoms with Crippen LogP contribution >= 0.6 is 0 Å². The highest BCUT2D eigenvalue weighted by Crippen LogP contribution is 2.10. The van der Waals surface area contributed by atoms with Gasteiger partial charge in [0.25, 0.3) is 0 Å². The van der Waals surface area contributed by atoms with Crippen LogP contribution in [0.5, 0.6) is 0 Å². The van der Waals surface area contributed by atoms with Crippen LogP contribution in [0.1, 0.15) is 32.0 Å². The Balaban J connectivity index is 2.23. The van der Waals surface area contributed by atoms with Crippen molar-refractivity contribution < 1.29 is 9.90 Å². The molecular weight excluding hydrogens is 234 g/mol. The molecule has 2 rings (SSSR count). The molecule has 1 aliphatic heterocycles. The number of aryl methyl sites for hydroxylation is 1. The fraction of sp³-hybridized carbons (Fsp3) is 0.583. The highest BCUT2D eigenvalue weighted by Gasteiger charge is 2.14. The molecule has 0 unspecified atom stereocenters. The number of rotatable bonds is 3. The first-order valence-corrected chi connectivity index (χ1v) is 6.16. The maximum Gasteiger partial charge on any atom is 0.346 e. The summed E-state index contributed by atoms with van der Waals surface area (Å²) in [7, 11) is 0. The van der Waals surface area contributed by atoms with Crippen molar-refractivity contribution in [2.45, 2.75) is 45.7 Å². The Morgan fingerprint density at radius 2 is 2.22 bits per heavy atom. The van der Waals surface area contributed by atoms with E-state index in [2.05, 4.69) is 5.10 Å². The molecule has 1 N–H and O–H groups in total. The van der Waals surface area contributed by atoms with Crippen LogP contribution in [-0.4, -0.2) is 25.4 Å². The molecule has 2 heterocycles. The lowest BCUT2D eigenvalue weighted by Crippen LogP contribution is -2.25. The Morgan fingerprint density at radius 3 is 2.94 bits per heavy atom. The van der Waals surface area contributed by atoms with Gasteiger partial charge in [-0.1, -0.05) is 12.5 Å². The van der Waals surface area contributed by atoms with Crippen molar-refractivity contribution in [1.82, 2.24) is 14.3 Å². The second-order valence-electron chi connectivity index (χ2n) is 4.54. The maximum atomic E-state index is 12.0. The lowest BCUT2D eigenvalue weighted by atomic mass is 10.2. The first-order valence-electron chi connectivity index (χ1n) is 6.16. The molecule has 0 bridgehead atoms. The van der Waals surface area contributed by atoms with E-state index in [1.807, 2.05) is 0 Å². The van der Waals surface area contributed by atoms with Gasteiger partial charge in [0.05, 0.1) is 6.54 Å². The number of carbonyl (C=O) groups is 1. The third-order valence-electron chi connectivity index (χ3n) is 3.19. The van der Waals surface area contributed by atoms with Crippen molar-refractivity contribution in [2.24, 2.45) is 0 Å². The third-order valence-corrected chi connectivity index (χ3v) is 3.19. The van der Waals surface area contributed by atoms with E-state index in [1.54, 1.807) is 4.57 Å². The molecule has 1 aromatic heterocycles. The first-order chi connectivity index (χ1) is 8.59. The third kappa shape index (κ3) is 2.52. The summed E-state index contributed by atoms with van der Waals surface area (Å²) in [5.41, 5.74) is 0.0893. The van der Waals surface area contributed by atoms with Crippen molar-refractivity contribution in [1.29, 1.82) is 0 Å². The lowest BCUT2D eigenvalue weighted by molar-refractivity contribution is -0.132. The van der Waals surface area contributed by atoms with E-state index in [0.29, 0.717) is 0 Å². The molecule has 0 saturated heterocycles. The average Bonchev–Trinajstić information content (AvgIpc) is 2.54. The number of carboxylic acids is 1. The summed E-state index contributed by atoms with van der Waals surface area (Å²) in [6, 6.07) is 0. The average molecular weight is 251 g/mol.